The number of nitro benzene ring substituents is 1. The second kappa shape index (κ2) is 8.14. The highest BCUT2D eigenvalue weighted by Gasteiger charge is 2.19. The van der Waals surface area contributed by atoms with Gasteiger partial charge in [-0.2, -0.15) is 0 Å². The number of rotatable bonds is 7. The number of non-ortho nitro benzene ring substituents is 1. The third-order valence-corrected chi connectivity index (χ3v) is 3.66. The molecule has 0 spiro atoms. The Morgan fingerprint density at radius 2 is 1.88 bits per heavy atom. The van der Waals surface area contributed by atoms with E-state index in [9.17, 15) is 14.9 Å². The highest BCUT2D eigenvalue weighted by molar-refractivity contribution is 5.94. The molecule has 1 amide bonds. The molecule has 7 heteroatoms. The van der Waals surface area contributed by atoms with Crippen LogP contribution >= 0.6 is 0 Å². The summed E-state index contributed by atoms with van der Waals surface area (Å²) in [6.07, 6.45) is 0.0575. The average Bonchev–Trinajstić information content (AvgIpc) is 2.62. The van der Waals surface area contributed by atoms with E-state index < -0.39 is 11.0 Å². The van der Waals surface area contributed by atoms with Crippen LogP contribution in [0.1, 0.15) is 19.4 Å². The second-order valence-corrected chi connectivity index (χ2v) is 5.39. The molecule has 0 heterocycles. The van der Waals surface area contributed by atoms with Crippen molar-refractivity contribution < 1.29 is 19.2 Å². The number of aryl methyl sites for hydroxylation is 1. The van der Waals surface area contributed by atoms with E-state index in [1.54, 1.807) is 6.92 Å². The zero-order valence-electron chi connectivity index (χ0n) is 14.3. The fraction of sp³-hybridized carbons (Fsp3) is 0.278. The minimum atomic E-state index is -0.859. The minimum absolute atomic E-state index is 0.140. The standard InChI is InChI=1S/C18H20N2O5/c1-4-13-5-7-14(8-6-13)19-18(21)12(2)25-17-11-15(20(22)23)9-10-16(17)24-3/h5-12H,4H2,1-3H3,(H,19,21)/t12-/m0/s1. The zero-order chi connectivity index (χ0) is 18.4. The van der Waals surface area contributed by atoms with E-state index in [1.807, 2.05) is 24.3 Å². The van der Waals surface area contributed by atoms with Gasteiger partial charge in [0.15, 0.2) is 17.6 Å². The molecule has 25 heavy (non-hydrogen) atoms. The largest absolute Gasteiger partial charge is 0.493 e. The Labute approximate surface area is 145 Å². The monoisotopic (exact) mass is 344 g/mol. The lowest BCUT2D eigenvalue weighted by Crippen LogP contribution is -2.30. The van der Waals surface area contributed by atoms with Crippen molar-refractivity contribution in [2.75, 3.05) is 12.4 Å². The van der Waals surface area contributed by atoms with Crippen LogP contribution in [0.4, 0.5) is 11.4 Å². The smallest absolute Gasteiger partial charge is 0.273 e. The molecular weight excluding hydrogens is 324 g/mol. The van der Waals surface area contributed by atoms with Gasteiger partial charge < -0.3 is 14.8 Å². The Bertz CT molecular complexity index is 759. The highest BCUT2D eigenvalue weighted by atomic mass is 16.6. The molecule has 0 fully saturated rings. The van der Waals surface area contributed by atoms with Crippen molar-refractivity contribution in [2.24, 2.45) is 0 Å². The summed E-state index contributed by atoms with van der Waals surface area (Å²) in [5.74, 6) is 0.0936. The second-order valence-electron chi connectivity index (χ2n) is 5.39. The summed E-state index contributed by atoms with van der Waals surface area (Å²) in [4.78, 5) is 22.6. The molecule has 1 N–H and O–H groups in total. The maximum absolute atomic E-state index is 12.3. The molecule has 7 nitrogen and oxygen atoms in total. The molecule has 2 aromatic rings. The lowest BCUT2D eigenvalue weighted by Gasteiger charge is -2.16. The fourth-order valence-corrected chi connectivity index (χ4v) is 2.18. The zero-order valence-corrected chi connectivity index (χ0v) is 14.3. The summed E-state index contributed by atoms with van der Waals surface area (Å²) in [6.45, 7) is 3.62. The van der Waals surface area contributed by atoms with Crippen LogP contribution in [0.2, 0.25) is 0 Å². The van der Waals surface area contributed by atoms with E-state index in [0.717, 1.165) is 6.42 Å². The molecule has 0 aliphatic carbocycles. The van der Waals surface area contributed by atoms with Crippen molar-refractivity contribution in [1.29, 1.82) is 0 Å². The van der Waals surface area contributed by atoms with Crippen LogP contribution < -0.4 is 14.8 Å². The molecule has 2 rings (SSSR count). The van der Waals surface area contributed by atoms with Crippen LogP contribution in [0.5, 0.6) is 11.5 Å². The maximum atomic E-state index is 12.3. The number of benzene rings is 2. The number of anilines is 1. The average molecular weight is 344 g/mol. The first-order chi connectivity index (χ1) is 11.9. The Balaban J connectivity index is 2.09. The number of carbonyl (C=O) groups is 1. The molecule has 2 aromatic carbocycles. The summed E-state index contributed by atoms with van der Waals surface area (Å²) in [5.41, 5.74) is 1.69. The normalized spacial score (nSPS) is 11.5. The molecule has 0 radical (unpaired) electrons. The van der Waals surface area contributed by atoms with Gasteiger partial charge in [0.2, 0.25) is 0 Å². The van der Waals surface area contributed by atoms with Crippen molar-refractivity contribution in [2.45, 2.75) is 26.4 Å². The van der Waals surface area contributed by atoms with Crippen LogP contribution in [0, 0.1) is 10.1 Å². The number of carbonyl (C=O) groups excluding carboxylic acids is 1. The van der Waals surface area contributed by atoms with Gasteiger partial charge in [-0.1, -0.05) is 19.1 Å². The van der Waals surface area contributed by atoms with Crippen molar-refractivity contribution in [3.8, 4) is 11.5 Å². The summed E-state index contributed by atoms with van der Waals surface area (Å²) < 4.78 is 10.7. The van der Waals surface area contributed by atoms with Crippen molar-refractivity contribution >= 4 is 17.3 Å². The minimum Gasteiger partial charge on any atom is -0.493 e. The maximum Gasteiger partial charge on any atom is 0.273 e. The Kier molecular flexibility index (Phi) is 5.94. The van der Waals surface area contributed by atoms with Gasteiger partial charge in [0, 0.05) is 11.8 Å². The van der Waals surface area contributed by atoms with Gasteiger partial charge in [-0.25, -0.2) is 0 Å². The summed E-state index contributed by atoms with van der Waals surface area (Å²) >= 11 is 0. The van der Waals surface area contributed by atoms with Gasteiger partial charge in [0.25, 0.3) is 11.6 Å². The number of ether oxygens (including phenoxy) is 2. The summed E-state index contributed by atoms with van der Waals surface area (Å²) in [5, 5.41) is 13.6. The molecule has 1 atom stereocenters. The van der Waals surface area contributed by atoms with Gasteiger partial charge in [-0.3, -0.25) is 14.9 Å². The van der Waals surface area contributed by atoms with E-state index in [2.05, 4.69) is 12.2 Å². The lowest BCUT2D eigenvalue weighted by atomic mass is 10.1. The lowest BCUT2D eigenvalue weighted by molar-refractivity contribution is -0.385. The van der Waals surface area contributed by atoms with Gasteiger partial charge in [-0.05, 0) is 37.1 Å². The van der Waals surface area contributed by atoms with Crippen molar-refractivity contribution in [1.82, 2.24) is 0 Å². The molecule has 0 saturated heterocycles. The van der Waals surface area contributed by atoms with E-state index in [1.165, 1.54) is 30.9 Å². The summed E-state index contributed by atoms with van der Waals surface area (Å²) in [7, 11) is 1.42. The van der Waals surface area contributed by atoms with Gasteiger partial charge in [-0.15, -0.1) is 0 Å². The van der Waals surface area contributed by atoms with Gasteiger partial charge in [0.05, 0.1) is 18.1 Å². The third kappa shape index (κ3) is 4.69. The molecule has 0 aliphatic heterocycles. The number of nitro groups is 1. The van der Waals surface area contributed by atoms with Crippen molar-refractivity contribution in [3.05, 3.63) is 58.1 Å². The molecular formula is C18H20N2O5. The number of methoxy groups -OCH3 is 1. The molecule has 0 saturated carbocycles. The topological polar surface area (TPSA) is 90.7 Å². The van der Waals surface area contributed by atoms with E-state index >= 15 is 0 Å². The predicted octanol–water partition coefficient (Wildman–Crippen LogP) is 3.57. The molecule has 0 bridgehead atoms. The Morgan fingerprint density at radius 3 is 2.44 bits per heavy atom. The molecule has 0 unspecified atom stereocenters. The van der Waals surface area contributed by atoms with E-state index in [0.29, 0.717) is 11.4 Å². The highest BCUT2D eigenvalue weighted by Crippen LogP contribution is 2.32. The summed E-state index contributed by atoms with van der Waals surface area (Å²) in [6, 6.07) is 11.5. The van der Waals surface area contributed by atoms with Gasteiger partial charge in [0.1, 0.15) is 0 Å². The number of amides is 1. The number of hydrogen-bond acceptors (Lipinski definition) is 5. The number of nitrogens with one attached hydrogen (secondary N) is 1. The van der Waals surface area contributed by atoms with E-state index in [4.69, 9.17) is 9.47 Å². The van der Waals surface area contributed by atoms with E-state index in [-0.39, 0.29) is 17.3 Å². The Morgan fingerprint density at radius 1 is 1.20 bits per heavy atom. The van der Waals surface area contributed by atoms with Crippen LogP contribution in [0.25, 0.3) is 0 Å². The SMILES string of the molecule is CCc1ccc(NC(=O)[C@H](C)Oc2cc([N+](=O)[O-])ccc2OC)cc1. The number of hydrogen-bond donors (Lipinski definition) is 1. The molecule has 0 aliphatic rings. The van der Waals surface area contributed by atoms with Crippen LogP contribution in [-0.4, -0.2) is 24.0 Å². The van der Waals surface area contributed by atoms with Gasteiger partial charge >= 0.3 is 0 Å². The van der Waals surface area contributed by atoms with Crippen LogP contribution in [-0.2, 0) is 11.2 Å². The predicted molar refractivity (Wildman–Crippen MR) is 94.2 cm³/mol. The third-order valence-electron chi connectivity index (χ3n) is 3.66. The molecule has 132 valence electrons. The first-order valence-electron chi connectivity index (χ1n) is 7.83. The quantitative estimate of drug-likeness (QED) is 0.612. The van der Waals surface area contributed by atoms with Crippen LogP contribution in [0.3, 0.4) is 0 Å². The first kappa shape index (κ1) is 18.3. The van der Waals surface area contributed by atoms with Crippen LogP contribution in [0.15, 0.2) is 42.5 Å². The fourth-order valence-electron chi connectivity index (χ4n) is 2.18. The number of nitrogens with zero attached hydrogens (tertiary/aromatic N) is 1. The Hall–Kier alpha value is -3.09. The first-order valence-corrected chi connectivity index (χ1v) is 7.83. The molecule has 0 aromatic heterocycles. The van der Waals surface area contributed by atoms with Crippen molar-refractivity contribution in [3.63, 3.8) is 0 Å².